The van der Waals surface area contributed by atoms with Gasteiger partial charge in [0.2, 0.25) is 5.91 Å². The van der Waals surface area contributed by atoms with Crippen LogP contribution in [0.1, 0.15) is 38.7 Å². The van der Waals surface area contributed by atoms with E-state index in [2.05, 4.69) is 4.74 Å². The summed E-state index contributed by atoms with van der Waals surface area (Å²) in [6, 6.07) is 4.03. The molecule has 0 aromatic heterocycles. The first-order valence-corrected chi connectivity index (χ1v) is 6.90. The maximum absolute atomic E-state index is 12.4. The van der Waals surface area contributed by atoms with Gasteiger partial charge in [0, 0.05) is 12.7 Å². The predicted molar refractivity (Wildman–Crippen MR) is 77.9 cm³/mol. The molecule has 6 heteroatoms. The quantitative estimate of drug-likeness (QED) is 0.775. The Hall–Kier alpha value is -1.98. The van der Waals surface area contributed by atoms with Crippen molar-refractivity contribution in [3.8, 4) is 5.75 Å². The Balaban J connectivity index is 2.39. The Kier molecular flexibility index (Phi) is 4.22. The fraction of sp³-hybridized carbons (Fsp3) is 0.438. The maximum atomic E-state index is 12.4. The summed E-state index contributed by atoms with van der Waals surface area (Å²) < 4.78 is 41.0. The number of hydrogen-bond donors (Lipinski definition) is 0. The highest BCUT2D eigenvalue weighted by Gasteiger charge is 2.37. The van der Waals surface area contributed by atoms with E-state index in [0.29, 0.717) is 17.7 Å². The maximum Gasteiger partial charge on any atom is 0.573 e. The smallest absolute Gasteiger partial charge is 0.406 e. The minimum Gasteiger partial charge on any atom is -0.406 e. The SMILES string of the molecule is CC(C)=C(C)CC1C(=O)N(C)c2ccc(OC(F)(F)F)cc21. The van der Waals surface area contributed by atoms with Gasteiger partial charge in [-0.05, 0) is 51.0 Å². The van der Waals surface area contributed by atoms with Crippen LogP contribution in [0.3, 0.4) is 0 Å². The number of nitrogens with zero attached hydrogens (tertiary/aromatic N) is 1. The number of fused-ring (bicyclic) bond motifs is 1. The first-order chi connectivity index (χ1) is 10.1. The van der Waals surface area contributed by atoms with Crippen LogP contribution in [-0.4, -0.2) is 19.3 Å². The van der Waals surface area contributed by atoms with Crippen LogP contribution in [0.2, 0.25) is 0 Å². The Morgan fingerprint density at radius 2 is 1.91 bits per heavy atom. The molecule has 1 heterocycles. The van der Waals surface area contributed by atoms with Gasteiger partial charge >= 0.3 is 6.36 Å². The summed E-state index contributed by atoms with van der Waals surface area (Å²) in [4.78, 5) is 13.8. The first kappa shape index (κ1) is 16.4. The van der Waals surface area contributed by atoms with Gasteiger partial charge in [-0.25, -0.2) is 0 Å². The Morgan fingerprint density at radius 1 is 1.27 bits per heavy atom. The molecule has 3 nitrogen and oxygen atoms in total. The van der Waals surface area contributed by atoms with Gasteiger partial charge in [0.15, 0.2) is 0 Å². The minimum absolute atomic E-state index is 0.111. The van der Waals surface area contributed by atoms with E-state index in [1.165, 1.54) is 23.1 Å². The minimum atomic E-state index is -4.74. The molecule has 0 fully saturated rings. The van der Waals surface area contributed by atoms with Crippen LogP contribution < -0.4 is 9.64 Å². The Morgan fingerprint density at radius 3 is 2.45 bits per heavy atom. The molecule has 1 aromatic rings. The van der Waals surface area contributed by atoms with Crippen molar-refractivity contribution in [2.45, 2.75) is 39.5 Å². The highest BCUT2D eigenvalue weighted by atomic mass is 19.4. The third kappa shape index (κ3) is 3.26. The number of amides is 1. The lowest BCUT2D eigenvalue weighted by molar-refractivity contribution is -0.274. The van der Waals surface area contributed by atoms with Gasteiger partial charge in [-0.1, -0.05) is 11.1 Å². The number of hydrogen-bond acceptors (Lipinski definition) is 2. The highest BCUT2D eigenvalue weighted by Crippen LogP contribution is 2.42. The number of alkyl halides is 3. The number of carbonyl (C=O) groups excluding carboxylic acids is 1. The van der Waals surface area contributed by atoms with Crippen LogP contribution >= 0.6 is 0 Å². The molecule has 0 saturated carbocycles. The molecule has 2 rings (SSSR count). The summed E-state index contributed by atoms with van der Waals surface area (Å²) in [7, 11) is 1.63. The van der Waals surface area contributed by atoms with E-state index in [1.54, 1.807) is 7.05 Å². The zero-order chi connectivity index (χ0) is 16.7. The van der Waals surface area contributed by atoms with E-state index in [9.17, 15) is 18.0 Å². The molecule has 1 aromatic carbocycles. The molecule has 0 radical (unpaired) electrons. The van der Waals surface area contributed by atoms with Crippen molar-refractivity contribution < 1.29 is 22.7 Å². The van der Waals surface area contributed by atoms with Crippen LogP contribution in [0.15, 0.2) is 29.3 Å². The summed E-state index contributed by atoms with van der Waals surface area (Å²) in [5.41, 5.74) is 3.37. The molecule has 0 aliphatic carbocycles. The number of allylic oxidation sites excluding steroid dienone is 2. The summed E-state index contributed by atoms with van der Waals surface area (Å²) in [5.74, 6) is -0.874. The zero-order valence-corrected chi connectivity index (χ0v) is 12.9. The normalized spacial score (nSPS) is 17.5. The molecule has 1 amide bonds. The first-order valence-electron chi connectivity index (χ1n) is 6.90. The number of ether oxygens (including phenoxy) is 1. The van der Waals surface area contributed by atoms with Gasteiger partial charge in [-0.2, -0.15) is 0 Å². The van der Waals surface area contributed by atoms with Gasteiger partial charge in [0.05, 0.1) is 5.92 Å². The van der Waals surface area contributed by atoms with Crippen molar-refractivity contribution in [2.24, 2.45) is 0 Å². The van der Waals surface area contributed by atoms with E-state index in [4.69, 9.17) is 0 Å². The largest absolute Gasteiger partial charge is 0.573 e. The van der Waals surface area contributed by atoms with Crippen molar-refractivity contribution in [3.63, 3.8) is 0 Å². The van der Waals surface area contributed by atoms with Gasteiger partial charge < -0.3 is 9.64 Å². The number of anilines is 1. The van der Waals surface area contributed by atoms with Crippen molar-refractivity contribution in [1.29, 1.82) is 0 Å². The van der Waals surface area contributed by atoms with Crippen molar-refractivity contribution in [3.05, 3.63) is 34.9 Å². The van der Waals surface area contributed by atoms with Crippen LogP contribution in [-0.2, 0) is 4.79 Å². The Bertz CT molecular complexity index is 631. The van der Waals surface area contributed by atoms with Crippen LogP contribution in [0.4, 0.5) is 18.9 Å². The van der Waals surface area contributed by atoms with E-state index in [1.807, 2.05) is 20.8 Å². The molecule has 0 spiro atoms. The molecular weight excluding hydrogens is 295 g/mol. The second-order valence-corrected chi connectivity index (χ2v) is 5.70. The van der Waals surface area contributed by atoms with E-state index < -0.39 is 12.3 Å². The summed E-state index contributed by atoms with van der Waals surface area (Å²) >= 11 is 0. The van der Waals surface area contributed by atoms with Gasteiger partial charge in [0.25, 0.3) is 0 Å². The molecule has 1 aliphatic heterocycles. The molecule has 1 atom stereocenters. The monoisotopic (exact) mass is 313 g/mol. The number of benzene rings is 1. The molecular formula is C16H18F3NO2. The number of carbonyl (C=O) groups is 1. The summed E-state index contributed by atoms with van der Waals surface area (Å²) in [5, 5.41) is 0. The lowest BCUT2D eigenvalue weighted by Crippen LogP contribution is -2.24. The molecule has 0 saturated heterocycles. The van der Waals surface area contributed by atoms with Gasteiger partial charge in [-0.15, -0.1) is 13.2 Å². The van der Waals surface area contributed by atoms with Gasteiger partial charge in [-0.3, -0.25) is 4.79 Å². The molecule has 1 unspecified atom stereocenters. The topological polar surface area (TPSA) is 29.5 Å². The lowest BCUT2D eigenvalue weighted by atomic mass is 9.92. The van der Waals surface area contributed by atoms with Crippen molar-refractivity contribution >= 4 is 11.6 Å². The van der Waals surface area contributed by atoms with Gasteiger partial charge in [0.1, 0.15) is 5.75 Å². The van der Waals surface area contributed by atoms with Crippen LogP contribution in [0.5, 0.6) is 5.75 Å². The average Bonchev–Trinajstić information content (AvgIpc) is 2.61. The summed E-state index contributed by atoms with van der Waals surface area (Å²) in [6.45, 7) is 5.82. The molecule has 1 aliphatic rings. The van der Waals surface area contributed by atoms with Crippen LogP contribution in [0.25, 0.3) is 0 Å². The van der Waals surface area contributed by atoms with Crippen molar-refractivity contribution in [2.75, 3.05) is 11.9 Å². The Labute approximate surface area is 127 Å². The number of rotatable bonds is 3. The zero-order valence-electron chi connectivity index (χ0n) is 12.9. The highest BCUT2D eigenvalue weighted by molar-refractivity contribution is 6.04. The summed E-state index contributed by atoms with van der Waals surface area (Å²) in [6.07, 6.45) is -4.25. The number of halogens is 3. The number of likely N-dealkylation sites (N-methyl/N-ethyl adjacent to an activating group) is 1. The van der Waals surface area contributed by atoms with Crippen LogP contribution in [0, 0.1) is 0 Å². The second kappa shape index (κ2) is 5.66. The second-order valence-electron chi connectivity index (χ2n) is 5.70. The fourth-order valence-electron chi connectivity index (χ4n) is 2.51. The van der Waals surface area contributed by atoms with E-state index >= 15 is 0 Å². The van der Waals surface area contributed by atoms with Crippen molar-refractivity contribution in [1.82, 2.24) is 0 Å². The lowest BCUT2D eigenvalue weighted by Gasteiger charge is -2.13. The molecule has 120 valence electrons. The predicted octanol–water partition coefficient (Wildman–Crippen LogP) is 4.39. The van der Waals surface area contributed by atoms with E-state index in [0.717, 1.165) is 11.1 Å². The molecule has 0 N–H and O–H groups in total. The fourth-order valence-corrected chi connectivity index (χ4v) is 2.51. The third-order valence-corrected chi connectivity index (χ3v) is 3.96. The molecule has 0 bridgehead atoms. The standard InChI is InChI=1S/C16H18F3NO2/c1-9(2)10(3)7-13-12-8-11(22-16(17,18)19)5-6-14(12)20(4)15(13)21/h5-6,8,13H,7H2,1-4H3. The third-order valence-electron chi connectivity index (χ3n) is 3.96. The van der Waals surface area contributed by atoms with E-state index in [-0.39, 0.29) is 11.7 Å². The average molecular weight is 313 g/mol. The molecule has 22 heavy (non-hydrogen) atoms.